The van der Waals surface area contributed by atoms with Crippen LogP contribution in [0.15, 0.2) is 48.7 Å². The molecule has 0 fully saturated rings. The number of carbonyl (C=O) groups excluding carboxylic acids is 1. The molecule has 0 aliphatic carbocycles. The zero-order valence-electron chi connectivity index (χ0n) is 14.7. The molecule has 3 aromatic heterocycles. The Labute approximate surface area is 160 Å². The van der Waals surface area contributed by atoms with Crippen molar-refractivity contribution in [3.8, 4) is 10.6 Å². The molecule has 3 rings (SSSR count). The molecule has 27 heavy (non-hydrogen) atoms. The number of amides is 1. The first-order valence-electron chi connectivity index (χ1n) is 8.39. The molecular formula is C19H20N4O3S. The van der Waals surface area contributed by atoms with Crippen molar-refractivity contribution in [3.63, 3.8) is 0 Å². The fourth-order valence-electron chi connectivity index (χ4n) is 2.34. The van der Waals surface area contributed by atoms with Crippen LogP contribution in [0.1, 0.15) is 15.2 Å². The lowest BCUT2D eigenvalue weighted by Gasteiger charge is -2.07. The van der Waals surface area contributed by atoms with E-state index in [1.54, 1.807) is 12.3 Å². The molecule has 0 bridgehead atoms. The Morgan fingerprint density at radius 2 is 2.07 bits per heavy atom. The maximum absolute atomic E-state index is 12.1. The summed E-state index contributed by atoms with van der Waals surface area (Å²) >= 11 is 1.31. The summed E-state index contributed by atoms with van der Waals surface area (Å²) in [6.45, 7) is 1.60. The summed E-state index contributed by atoms with van der Waals surface area (Å²) in [6.07, 6.45) is 0.771. The first kappa shape index (κ1) is 19.0. The van der Waals surface area contributed by atoms with E-state index >= 15 is 0 Å². The molecule has 1 atom stereocenters. The first-order chi connectivity index (χ1) is 13.0. The number of pyridine rings is 2. The Balaban J connectivity index is 1.72. The number of thiophene rings is 1. The number of nitrogens with one attached hydrogen (secondary N) is 2. The number of aromatic nitrogens is 2. The molecule has 8 heteroatoms. The van der Waals surface area contributed by atoms with Gasteiger partial charge < -0.3 is 20.8 Å². The summed E-state index contributed by atoms with van der Waals surface area (Å²) in [5.41, 5.74) is 1.84. The van der Waals surface area contributed by atoms with Gasteiger partial charge in [0.25, 0.3) is 5.91 Å². The summed E-state index contributed by atoms with van der Waals surface area (Å²) in [6, 6.07) is 13.0. The van der Waals surface area contributed by atoms with Gasteiger partial charge in [-0.1, -0.05) is 6.07 Å². The maximum atomic E-state index is 12.1. The van der Waals surface area contributed by atoms with Crippen molar-refractivity contribution in [2.75, 3.05) is 18.5 Å². The largest absolute Gasteiger partial charge is 0.394 e. The van der Waals surface area contributed by atoms with Gasteiger partial charge in [-0.2, -0.15) is 0 Å². The number of anilines is 2. The van der Waals surface area contributed by atoms with Crippen LogP contribution in [-0.2, 0) is 0 Å². The van der Waals surface area contributed by atoms with Gasteiger partial charge in [-0.05, 0) is 48.9 Å². The smallest absolute Gasteiger partial charge is 0.261 e. The second kappa shape index (κ2) is 8.72. The van der Waals surface area contributed by atoms with Crippen LogP contribution in [-0.4, -0.2) is 45.3 Å². The molecule has 3 heterocycles. The summed E-state index contributed by atoms with van der Waals surface area (Å²) in [5, 5.41) is 23.9. The average molecular weight is 384 g/mol. The fraction of sp³-hybridized carbons (Fsp3) is 0.211. The van der Waals surface area contributed by atoms with E-state index in [2.05, 4.69) is 20.6 Å². The van der Waals surface area contributed by atoms with Crippen LogP contribution in [0.4, 0.5) is 11.6 Å². The first-order valence-corrected chi connectivity index (χ1v) is 9.21. The molecule has 3 aromatic rings. The molecule has 0 saturated carbocycles. The van der Waals surface area contributed by atoms with Crippen molar-refractivity contribution in [2.24, 2.45) is 0 Å². The average Bonchev–Trinajstić information content (AvgIpc) is 3.16. The summed E-state index contributed by atoms with van der Waals surface area (Å²) in [4.78, 5) is 22.3. The molecule has 0 saturated heterocycles. The Bertz CT molecular complexity index is 929. The number of rotatable bonds is 7. The number of hydrogen-bond acceptors (Lipinski definition) is 7. The van der Waals surface area contributed by atoms with E-state index in [1.165, 1.54) is 11.3 Å². The number of aliphatic hydroxyl groups excluding tert-OH is 2. The highest BCUT2D eigenvalue weighted by atomic mass is 32.1. The van der Waals surface area contributed by atoms with Crippen molar-refractivity contribution < 1.29 is 15.0 Å². The summed E-state index contributed by atoms with van der Waals surface area (Å²) in [7, 11) is 0. The Kier molecular flexibility index (Phi) is 6.12. The number of nitrogens with zero attached hydrogens (tertiary/aromatic N) is 2. The minimum atomic E-state index is -0.965. The van der Waals surface area contributed by atoms with Crippen LogP contribution in [0.3, 0.4) is 0 Å². The van der Waals surface area contributed by atoms with Gasteiger partial charge in [-0.15, -0.1) is 11.3 Å². The predicted octanol–water partition coefficient (Wildman–Crippen LogP) is 2.34. The molecule has 0 spiro atoms. The van der Waals surface area contributed by atoms with Crippen molar-refractivity contribution in [2.45, 2.75) is 13.0 Å². The third-order valence-electron chi connectivity index (χ3n) is 3.71. The number of aryl methyl sites for hydroxylation is 1. The van der Waals surface area contributed by atoms with E-state index in [4.69, 9.17) is 5.11 Å². The summed E-state index contributed by atoms with van der Waals surface area (Å²) in [5.74, 6) is 1.08. The van der Waals surface area contributed by atoms with Gasteiger partial charge in [0.05, 0.1) is 28.2 Å². The minimum Gasteiger partial charge on any atom is -0.394 e. The van der Waals surface area contributed by atoms with Crippen LogP contribution < -0.4 is 10.6 Å². The highest BCUT2D eigenvalue weighted by Crippen LogP contribution is 2.28. The Hall–Kier alpha value is -2.81. The van der Waals surface area contributed by atoms with E-state index in [1.807, 2.05) is 43.3 Å². The second-order valence-corrected chi connectivity index (χ2v) is 7.05. The zero-order chi connectivity index (χ0) is 19.2. The molecule has 1 amide bonds. The van der Waals surface area contributed by atoms with E-state index in [-0.39, 0.29) is 12.5 Å². The van der Waals surface area contributed by atoms with Crippen molar-refractivity contribution in [3.05, 3.63) is 59.1 Å². The molecule has 1 unspecified atom stereocenters. The van der Waals surface area contributed by atoms with E-state index in [9.17, 15) is 9.90 Å². The standard InChI is InChI=1S/C19H20N4O3S/c1-12-7-8-20-18(9-12)23-17-4-2-3-14(22-17)15-5-6-16(27-15)19(26)21-10-13(25)11-24/h2-9,13,24-25H,10-11H2,1H3,(H,21,26)(H,20,22,23). The lowest BCUT2D eigenvalue weighted by Crippen LogP contribution is -2.33. The van der Waals surface area contributed by atoms with Gasteiger partial charge in [-0.3, -0.25) is 4.79 Å². The van der Waals surface area contributed by atoms with Gasteiger partial charge in [0.1, 0.15) is 11.6 Å². The van der Waals surface area contributed by atoms with Crippen LogP contribution in [0.5, 0.6) is 0 Å². The Morgan fingerprint density at radius 1 is 1.22 bits per heavy atom. The quantitative estimate of drug-likeness (QED) is 0.498. The van der Waals surface area contributed by atoms with Gasteiger partial charge in [-0.25, -0.2) is 9.97 Å². The summed E-state index contributed by atoms with van der Waals surface area (Å²) < 4.78 is 0. The highest BCUT2D eigenvalue weighted by Gasteiger charge is 2.12. The predicted molar refractivity (Wildman–Crippen MR) is 105 cm³/mol. The molecule has 7 nitrogen and oxygen atoms in total. The monoisotopic (exact) mass is 384 g/mol. The third kappa shape index (κ3) is 5.10. The minimum absolute atomic E-state index is 0.00368. The molecule has 0 aliphatic heterocycles. The van der Waals surface area contributed by atoms with Gasteiger partial charge >= 0.3 is 0 Å². The van der Waals surface area contributed by atoms with E-state index in [0.717, 1.165) is 16.1 Å². The molecule has 140 valence electrons. The molecule has 0 aromatic carbocycles. The van der Waals surface area contributed by atoms with Crippen LogP contribution in [0.2, 0.25) is 0 Å². The molecular weight excluding hydrogens is 364 g/mol. The lowest BCUT2D eigenvalue weighted by molar-refractivity contribution is 0.0804. The topological polar surface area (TPSA) is 107 Å². The van der Waals surface area contributed by atoms with Crippen molar-refractivity contribution in [1.29, 1.82) is 0 Å². The SMILES string of the molecule is Cc1ccnc(Nc2cccc(-c3ccc(C(=O)NCC(O)CO)s3)n2)c1. The van der Waals surface area contributed by atoms with E-state index < -0.39 is 12.7 Å². The van der Waals surface area contributed by atoms with E-state index in [0.29, 0.717) is 16.5 Å². The molecule has 4 N–H and O–H groups in total. The molecule has 0 radical (unpaired) electrons. The molecule has 0 aliphatic rings. The van der Waals surface area contributed by atoms with Crippen molar-refractivity contribution in [1.82, 2.24) is 15.3 Å². The van der Waals surface area contributed by atoms with Crippen molar-refractivity contribution >= 4 is 28.9 Å². The van der Waals surface area contributed by atoms with Crippen LogP contribution in [0.25, 0.3) is 10.6 Å². The Morgan fingerprint density at radius 3 is 2.85 bits per heavy atom. The maximum Gasteiger partial charge on any atom is 0.261 e. The number of hydrogen-bond donors (Lipinski definition) is 4. The van der Waals surface area contributed by atoms with Gasteiger partial charge in [0.15, 0.2) is 0 Å². The van der Waals surface area contributed by atoms with Crippen LogP contribution in [0, 0.1) is 6.92 Å². The zero-order valence-corrected chi connectivity index (χ0v) is 15.5. The van der Waals surface area contributed by atoms with Gasteiger partial charge in [0.2, 0.25) is 0 Å². The lowest BCUT2D eigenvalue weighted by atomic mass is 10.3. The second-order valence-electron chi connectivity index (χ2n) is 5.96. The fourth-order valence-corrected chi connectivity index (χ4v) is 3.23. The number of aliphatic hydroxyl groups is 2. The van der Waals surface area contributed by atoms with Crippen LogP contribution >= 0.6 is 11.3 Å². The number of carbonyl (C=O) groups is 1. The third-order valence-corrected chi connectivity index (χ3v) is 4.82. The van der Waals surface area contributed by atoms with Gasteiger partial charge in [0, 0.05) is 12.7 Å². The highest BCUT2D eigenvalue weighted by molar-refractivity contribution is 7.17. The normalized spacial score (nSPS) is 11.8.